The maximum Gasteiger partial charge on any atom is 0.339 e. The number of aliphatic hydroxyl groups is 2. The van der Waals surface area contributed by atoms with Crippen molar-refractivity contribution in [3.05, 3.63) is 33.3 Å². The normalized spacial score (nSPS) is 12.5. The van der Waals surface area contributed by atoms with Crippen LogP contribution in [0, 0.1) is 0 Å². The number of ether oxygens (including phenoxy) is 1. The van der Waals surface area contributed by atoms with Crippen LogP contribution in [0.1, 0.15) is 15.9 Å². The predicted molar refractivity (Wildman–Crippen MR) is 81.6 cm³/mol. The van der Waals surface area contributed by atoms with Gasteiger partial charge in [-0.15, -0.1) is 0 Å². The number of hydrogen-bond acceptors (Lipinski definition) is 4. The molecule has 0 aliphatic heterocycles. The number of quaternary nitrogens is 1. The van der Waals surface area contributed by atoms with Crippen molar-refractivity contribution in [2.45, 2.75) is 12.6 Å². The Balaban J connectivity index is 0.00000441. The molecule has 1 aromatic carbocycles. The summed E-state index contributed by atoms with van der Waals surface area (Å²) in [5.74, 6) is -0.529. The van der Waals surface area contributed by atoms with E-state index in [-0.39, 0.29) is 34.2 Å². The van der Waals surface area contributed by atoms with E-state index in [4.69, 9.17) is 28.3 Å². The fourth-order valence-corrected chi connectivity index (χ4v) is 2.66. The number of aliphatic hydroxyl groups excluding tert-OH is 2. The molecule has 0 spiro atoms. The van der Waals surface area contributed by atoms with Gasteiger partial charge in [0, 0.05) is 5.56 Å². The quantitative estimate of drug-likeness (QED) is 0.447. The van der Waals surface area contributed by atoms with Gasteiger partial charge in [0.05, 0.1) is 43.4 Å². The lowest BCUT2D eigenvalue weighted by Gasteiger charge is -2.32. The molecule has 0 aromatic heterocycles. The van der Waals surface area contributed by atoms with E-state index >= 15 is 0 Å². The highest BCUT2D eigenvalue weighted by Gasteiger charge is 2.23. The molecule has 8 heteroatoms. The molecule has 0 heterocycles. The molecule has 0 radical (unpaired) electrons. The van der Waals surface area contributed by atoms with Gasteiger partial charge in [0.1, 0.15) is 19.2 Å². The summed E-state index contributed by atoms with van der Waals surface area (Å²) in [4.78, 5) is 11.7. The summed E-state index contributed by atoms with van der Waals surface area (Å²) in [5.41, 5.74) is 0.970. The van der Waals surface area contributed by atoms with Gasteiger partial charge in [-0.2, -0.15) is 0 Å². The molecule has 1 atom stereocenters. The maximum atomic E-state index is 11.7. The van der Waals surface area contributed by atoms with E-state index in [0.29, 0.717) is 22.6 Å². The van der Waals surface area contributed by atoms with Gasteiger partial charge in [0.15, 0.2) is 0 Å². The zero-order chi connectivity index (χ0) is 16.2. The van der Waals surface area contributed by atoms with Crippen LogP contribution in [-0.4, -0.2) is 61.1 Å². The summed E-state index contributed by atoms with van der Waals surface area (Å²) in [7, 11) is 5.06. The second-order valence-corrected chi connectivity index (χ2v) is 6.34. The first-order valence-corrected chi connectivity index (χ1v) is 7.13. The van der Waals surface area contributed by atoms with Crippen LogP contribution in [0.25, 0.3) is 0 Å². The fourth-order valence-electron chi connectivity index (χ4n) is 2.14. The number of rotatable bonds is 6. The molecule has 126 valence electrons. The first-order valence-electron chi connectivity index (χ1n) is 6.37. The Hall–Kier alpha value is -0.370. The van der Waals surface area contributed by atoms with Crippen LogP contribution in [0.2, 0.25) is 10.0 Å². The van der Waals surface area contributed by atoms with Crippen molar-refractivity contribution in [3.8, 4) is 0 Å². The van der Waals surface area contributed by atoms with Crippen molar-refractivity contribution in [2.75, 3.05) is 34.4 Å². The molecule has 0 bridgehead atoms. The maximum absolute atomic E-state index is 11.7. The fraction of sp³-hybridized carbons (Fsp3) is 0.500. The van der Waals surface area contributed by atoms with Crippen molar-refractivity contribution in [3.63, 3.8) is 0 Å². The van der Waals surface area contributed by atoms with E-state index in [0.717, 1.165) is 5.56 Å². The Bertz CT molecular complexity index is 526. The molecular formula is C14H20BrCl2NO4. The molecule has 0 amide bonds. The molecule has 0 fully saturated rings. The minimum Gasteiger partial charge on any atom is -1.00 e. The Morgan fingerprint density at radius 3 is 2.41 bits per heavy atom. The van der Waals surface area contributed by atoms with E-state index < -0.39 is 12.1 Å². The standard InChI is InChI=1S/C14H20Cl2NO4.BrH/c1-17(2,7-10(19)8-18)6-9-4-11(14(20)21-3)13(16)5-12(9)15;/h4-5,10,18-19H,6-8H2,1-3H3;1H/q+1;/p-1. The zero-order valence-corrected chi connectivity index (χ0v) is 15.7. The summed E-state index contributed by atoms with van der Waals surface area (Å²) in [6.45, 7) is 0.517. The average Bonchev–Trinajstić information content (AvgIpc) is 2.40. The van der Waals surface area contributed by atoms with Gasteiger partial charge in [0.25, 0.3) is 0 Å². The van der Waals surface area contributed by atoms with E-state index in [1.807, 2.05) is 14.1 Å². The largest absolute Gasteiger partial charge is 1.00 e. The molecule has 0 saturated carbocycles. The van der Waals surface area contributed by atoms with Crippen LogP contribution in [0.3, 0.4) is 0 Å². The van der Waals surface area contributed by atoms with Crippen LogP contribution in [-0.2, 0) is 11.3 Å². The lowest BCUT2D eigenvalue weighted by Crippen LogP contribution is -3.00. The highest BCUT2D eigenvalue weighted by atomic mass is 79.9. The highest BCUT2D eigenvalue weighted by Crippen LogP contribution is 2.28. The van der Waals surface area contributed by atoms with Gasteiger partial charge < -0.3 is 36.4 Å². The number of nitrogens with zero attached hydrogens (tertiary/aromatic N) is 1. The Morgan fingerprint density at radius 2 is 1.91 bits per heavy atom. The summed E-state index contributed by atoms with van der Waals surface area (Å²) in [6, 6.07) is 3.11. The molecule has 1 aromatic rings. The van der Waals surface area contributed by atoms with Crippen molar-refractivity contribution in [2.24, 2.45) is 0 Å². The number of carbonyl (C=O) groups excluding carboxylic acids is 1. The molecular weight excluding hydrogens is 397 g/mol. The van der Waals surface area contributed by atoms with Gasteiger partial charge in [-0.05, 0) is 12.1 Å². The van der Waals surface area contributed by atoms with Crippen molar-refractivity contribution in [1.29, 1.82) is 0 Å². The monoisotopic (exact) mass is 415 g/mol. The first-order chi connectivity index (χ1) is 9.70. The average molecular weight is 417 g/mol. The number of carbonyl (C=O) groups is 1. The minimum atomic E-state index is -0.814. The van der Waals surface area contributed by atoms with Gasteiger partial charge in [0.2, 0.25) is 0 Å². The van der Waals surface area contributed by atoms with Gasteiger partial charge in [-0.3, -0.25) is 0 Å². The van der Waals surface area contributed by atoms with E-state index in [2.05, 4.69) is 4.74 Å². The van der Waals surface area contributed by atoms with E-state index in [9.17, 15) is 9.90 Å². The van der Waals surface area contributed by atoms with Crippen LogP contribution >= 0.6 is 23.2 Å². The Morgan fingerprint density at radius 1 is 1.32 bits per heavy atom. The van der Waals surface area contributed by atoms with Crippen LogP contribution in [0.4, 0.5) is 0 Å². The van der Waals surface area contributed by atoms with Crippen LogP contribution in [0.15, 0.2) is 12.1 Å². The number of esters is 1. The van der Waals surface area contributed by atoms with Gasteiger partial charge >= 0.3 is 5.97 Å². The molecule has 1 unspecified atom stereocenters. The van der Waals surface area contributed by atoms with Crippen molar-refractivity contribution < 1.29 is 41.2 Å². The second-order valence-electron chi connectivity index (χ2n) is 5.53. The molecule has 5 nitrogen and oxygen atoms in total. The topological polar surface area (TPSA) is 66.8 Å². The van der Waals surface area contributed by atoms with Crippen LogP contribution < -0.4 is 17.0 Å². The predicted octanol–water partition coefficient (Wildman–Crippen LogP) is -1.29. The number of hydrogen-bond donors (Lipinski definition) is 2. The van der Waals surface area contributed by atoms with Crippen molar-refractivity contribution >= 4 is 29.2 Å². The number of benzene rings is 1. The van der Waals surface area contributed by atoms with E-state index in [1.54, 1.807) is 6.07 Å². The third-order valence-electron chi connectivity index (χ3n) is 3.06. The molecule has 22 heavy (non-hydrogen) atoms. The number of methoxy groups -OCH3 is 1. The second kappa shape index (κ2) is 9.05. The third-order valence-corrected chi connectivity index (χ3v) is 3.72. The number of halogens is 3. The lowest BCUT2D eigenvalue weighted by molar-refractivity contribution is -0.906. The lowest BCUT2D eigenvalue weighted by atomic mass is 10.1. The summed E-state index contributed by atoms with van der Waals surface area (Å²) >= 11 is 12.2. The summed E-state index contributed by atoms with van der Waals surface area (Å²) < 4.78 is 5.07. The minimum absolute atomic E-state index is 0. The third kappa shape index (κ3) is 6.02. The molecule has 1 rings (SSSR count). The zero-order valence-electron chi connectivity index (χ0n) is 12.6. The summed E-state index contributed by atoms with van der Waals surface area (Å²) in [6.07, 6.45) is -0.814. The van der Waals surface area contributed by atoms with E-state index in [1.165, 1.54) is 13.2 Å². The Kier molecular flexibility index (Phi) is 8.90. The van der Waals surface area contributed by atoms with Gasteiger partial charge in [-0.1, -0.05) is 23.2 Å². The summed E-state index contributed by atoms with van der Waals surface area (Å²) in [5, 5.41) is 19.2. The van der Waals surface area contributed by atoms with Crippen molar-refractivity contribution in [1.82, 2.24) is 0 Å². The Labute approximate surface area is 150 Å². The smallest absolute Gasteiger partial charge is 0.339 e. The molecule has 0 aliphatic rings. The van der Waals surface area contributed by atoms with Gasteiger partial charge in [-0.25, -0.2) is 4.79 Å². The van der Waals surface area contributed by atoms with Crippen LogP contribution in [0.5, 0.6) is 0 Å². The molecule has 2 N–H and O–H groups in total. The molecule has 0 aliphatic carbocycles. The SMILES string of the molecule is COC(=O)c1cc(C[N+](C)(C)CC(O)CO)c(Cl)cc1Cl.[Br-]. The number of likely N-dealkylation sites (N-methyl/N-ethyl adjacent to an activating group) is 1. The highest BCUT2D eigenvalue weighted by molar-refractivity contribution is 6.37. The first kappa shape index (κ1) is 21.6. The molecule has 0 saturated heterocycles.